The van der Waals surface area contributed by atoms with Gasteiger partial charge in [-0.25, -0.2) is 4.98 Å². The van der Waals surface area contributed by atoms with Gasteiger partial charge in [-0.15, -0.1) is 0 Å². The van der Waals surface area contributed by atoms with Gasteiger partial charge in [0.15, 0.2) is 0 Å². The lowest BCUT2D eigenvalue weighted by Gasteiger charge is -1.98. The molecule has 0 fully saturated rings. The van der Waals surface area contributed by atoms with E-state index < -0.39 is 9.85 Å². The summed E-state index contributed by atoms with van der Waals surface area (Å²) in [6, 6.07) is 8.32. The van der Waals surface area contributed by atoms with Crippen LogP contribution >= 0.6 is 0 Å². The van der Waals surface area contributed by atoms with Crippen LogP contribution in [-0.2, 0) is 0 Å². The molecule has 0 amide bonds. The fourth-order valence-corrected chi connectivity index (χ4v) is 1.45. The van der Waals surface area contributed by atoms with Crippen LogP contribution in [0.4, 0.5) is 11.4 Å². The van der Waals surface area contributed by atoms with Crippen LogP contribution in [0.25, 0.3) is 0 Å². The summed E-state index contributed by atoms with van der Waals surface area (Å²) < 4.78 is 0. The van der Waals surface area contributed by atoms with E-state index >= 15 is 0 Å². The maximum absolute atomic E-state index is 10.7. The average molecular weight is 288 g/mol. The molecular weight excluding hydrogens is 280 g/mol. The molecule has 2 aromatic rings. The molecule has 1 heterocycles. The minimum Gasteiger partial charge on any atom is -0.329 e. The SMILES string of the molecule is O=[N+]([O-])c1cccc(/C=N\Oc2ncccc2[N+](=O)[O-])c1. The molecule has 9 nitrogen and oxygen atoms in total. The van der Waals surface area contributed by atoms with Gasteiger partial charge >= 0.3 is 11.6 Å². The van der Waals surface area contributed by atoms with Crippen molar-refractivity contribution in [2.75, 3.05) is 0 Å². The molecule has 1 aromatic heterocycles. The molecule has 0 atom stereocenters. The van der Waals surface area contributed by atoms with Gasteiger partial charge in [-0.2, -0.15) is 0 Å². The lowest BCUT2D eigenvalue weighted by molar-refractivity contribution is -0.386. The fourth-order valence-electron chi connectivity index (χ4n) is 1.45. The van der Waals surface area contributed by atoms with Crippen molar-refractivity contribution in [2.24, 2.45) is 5.16 Å². The van der Waals surface area contributed by atoms with Crippen molar-refractivity contribution in [3.05, 3.63) is 68.4 Å². The Labute approximate surface area is 117 Å². The number of nitrogens with zero attached hydrogens (tertiary/aromatic N) is 4. The van der Waals surface area contributed by atoms with Crippen LogP contribution in [0.5, 0.6) is 5.88 Å². The molecule has 1 aromatic carbocycles. The zero-order valence-electron chi connectivity index (χ0n) is 10.4. The largest absolute Gasteiger partial charge is 0.333 e. The molecule has 0 aliphatic carbocycles. The quantitative estimate of drug-likeness (QED) is 0.472. The van der Waals surface area contributed by atoms with Gasteiger partial charge in [-0.05, 0) is 6.07 Å². The van der Waals surface area contributed by atoms with Crippen molar-refractivity contribution in [3.8, 4) is 5.88 Å². The van der Waals surface area contributed by atoms with Crippen LogP contribution in [0.2, 0.25) is 0 Å². The molecular formula is C12H8N4O5. The number of benzene rings is 1. The number of nitro groups is 2. The number of oxime groups is 1. The number of rotatable bonds is 5. The van der Waals surface area contributed by atoms with Crippen LogP contribution in [0.3, 0.4) is 0 Å². The van der Waals surface area contributed by atoms with E-state index in [4.69, 9.17) is 4.84 Å². The van der Waals surface area contributed by atoms with Gasteiger partial charge < -0.3 is 4.84 Å². The van der Waals surface area contributed by atoms with E-state index in [0.29, 0.717) is 5.56 Å². The van der Waals surface area contributed by atoms with Crippen LogP contribution in [0, 0.1) is 20.2 Å². The Morgan fingerprint density at radius 3 is 2.67 bits per heavy atom. The van der Waals surface area contributed by atoms with Crippen LogP contribution in [0.15, 0.2) is 47.8 Å². The predicted molar refractivity (Wildman–Crippen MR) is 72.2 cm³/mol. The molecule has 0 aliphatic heterocycles. The number of aromatic nitrogens is 1. The summed E-state index contributed by atoms with van der Waals surface area (Å²) in [6.45, 7) is 0. The second-order valence-electron chi connectivity index (χ2n) is 3.76. The molecule has 0 unspecified atom stereocenters. The zero-order chi connectivity index (χ0) is 15.2. The maximum atomic E-state index is 10.7. The normalized spacial score (nSPS) is 10.5. The van der Waals surface area contributed by atoms with Crippen molar-refractivity contribution in [1.82, 2.24) is 4.98 Å². The van der Waals surface area contributed by atoms with Crippen LogP contribution in [-0.4, -0.2) is 21.0 Å². The standard InChI is InChI=1S/C12H8N4O5/c17-15(18)10-4-1-3-9(7-10)8-14-21-12-11(16(19)20)5-2-6-13-12/h1-8H/b14-8-. The van der Waals surface area contributed by atoms with Gasteiger partial charge in [0.25, 0.3) is 5.69 Å². The maximum Gasteiger partial charge on any atom is 0.333 e. The Balaban J connectivity index is 2.15. The van der Waals surface area contributed by atoms with Gasteiger partial charge in [0.05, 0.1) is 16.1 Å². The van der Waals surface area contributed by atoms with E-state index in [-0.39, 0.29) is 17.3 Å². The van der Waals surface area contributed by atoms with Crippen molar-refractivity contribution in [1.29, 1.82) is 0 Å². The number of hydrogen-bond donors (Lipinski definition) is 0. The Hall–Kier alpha value is -3.36. The number of hydrogen-bond acceptors (Lipinski definition) is 7. The van der Waals surface area contributed by atoms with E-state index in [9.17, 15) is 20.2 Å². The summed E-state index contributed by atoms with van der Waals surface area (Å²) in [5, 5.41) is 24.9. The lowest BCUT2D eigenvalue weighted by atomic mass is 10.2. The van der Waals surface area contributed by atoms with Gasteiger partial charge in [-0.1, -0.05) is 17.3 Å². The zero-order valence-corrected chi connectivity index (χ0v) is 10.4. The number of pyridine rings is 1. The Morgan fingerprint density at radius 1 is 1.14 bits per heavy atom. The second-order valence-corrected chi connectivity index (χ2v) is 3.76. The van der Waals surface area contributed by atoms with Crippen LogP contribution < -0.4 is 4.84 Å². The van der Waals surface area contributed by atoms with Crippen molar-refractivity contribution < 1.29 is 14.7 Å². The molecule has 0 saturated heterocycles. The van der Waals surface area contributed by atoms with E-state index in [1.807, 2.05) is 0 Å². The molecule has 0 spiro atoms. The minimum absolute atomic E-state index is 0.0947. The number of non-ortho nitro benzene ring substituents is 1. The molecule has 0 saturated carbocycles. The summed E-state index contributed by atoms with van der Waals surface area (Å²) in [4.78, 5) is 28.7. The van der Waals surface area contributed by atoms with E-state index in [1.165, 1.54) is 42.7 Å². The Kier molecular flexibility index (Phi) is 4.14. The molecule has 21 heavy (non-hydrogen) atoms. The highest BCUT2D eigenvalue weighted by Gasteiger charge is 2.15. The van der Waals surface area contributed by atoms with Crippen molar-refractivity contribution in [3.63, 3.8) is 0 Å². The van der Waals surface area contributed by atoms with Gasteiger partial charge in [0.1, 0.15) is 0 Å². The highest BCUT2D eigenvalue weighted by Crippen LogP contribution is 2.22. The third-order valence-corrected chi connectivity index (χ3v) is 2.37. The first kappa shape index (κ1) is 14.1. The van der Waals surface area contributed by atoms with Gasteiger partial charge in [0.2, 0.25) is 0 Å². The molecule has 0 radical (unpaired) electrons. The minimum atomic E-state index is -0.648. The first-order chi connectivity index (χ1) is 10.1. The highest BCUT2D eigenvalue weighted by atomic mass is 16.7. The summed E-state index contributed by atoms with van der Waals surface area (Å²) in [5.74, 6) is -0.260. The molecule has 0 aliphatic rings. The third kappa shape index (κ3) is 3.56. The topological polar surface area (TPSA) is 121 Å². The molecule has 9 heteroatoms. The molecule has 2 rings (SSSR count). The van der Waals surface area contributed by atoms with E-state index in [0.717, 1.165) is 0 Å². The van der Waals surface area contributed by atoms with E-state index in [2.05, 4.69) is 10.1 Å². The summed E-state index contributed by atoms with van der Waals surface area (Å²) in [5.41, 5.74) is -0.000701. The summed E-state index contributed by atoms with van der Waals surface area (Å²) in [6.07, 6.45) is 2.52. The lowest BCUT2D eigenvalue weighted by Crippen LogP contribution is -1.96. The molecule has 106 valence electrons. The monoisotopic (exact) mass is 288 g/mol. The van der Waals surface area contributed by atoms with Crippen molar-refractivity contribution in [2.45, 2.75) is 0 Å². The summed E-state index contributed by atoms with van der Waals surface area (Å²) in [7, 11) is 0. The van der Waals surface area contributed by atoms with Crippen molar-refractivity contribution >= 4 is 17.6 Å². The van der Waals surface area contributed by atoms with Crippen LogP contribution in [0.1, 0.15) is 5.56 Å². The van der Waals surface area contributed by atoms with Gasteiger partial charge in [-0.3, -0.25) is 20.2 Å². The molecule has 0 N–H and O–H groups in total. The average Bonchev–Trinajstić information content (AvgIpc) is 2.48. The fraction of sp³-hybridized carbons (Fsp3) is 0. The smallest absolute Gasteiger partial charge is 0.329 e. The first-order valence-corrected chi connectivity index (χ1v) is 5.62. The van der Waals surface area contributed by atoms with E-state index in [1.54, 1.807) is 6.07 Å². The first-order valence-electron chi connectivity index (χ1n) is 5.62. The Morgan fingerprint density at radius 2 is 1.95 bits per heavy atom. The third-order valence-electron chi connectivity index (χ3n) is 2.37. The highest BCUT2D eigenvalue weighted by molar-refractivity contribution is 5.80. The predicted octanol–water partition coefficient (Wildman–Crippen LogP) is 2.31. The Bertz CT molecular complexity index is 716. The second kappa shape index (κ2) is 6.19. The number of nitro benzene ring substituents is 1. The molecule has 0 bridgehead atoms. The summed E-state index contributed by atoms with van der Waals surface area (Å²) >= 11 is 0. The van der Waals surface area contributed by atoms with Gasteiger partial charge in [0, 0.05) is 30.0 Å².